The first-order valence-electron chi connectivity index (χ1n) is 8.46. The molecule has 0 aliphatic carbocycles. The molecular weight excluding hydrogens is 375 g/mol. The predicted octanol–water partition coefficient (Wildman–Crippen LogP) is 5.25. The molecule has 2 aromatic rings. The first kappa shape index (κ1) is 18.9. The van der Waals surface area contributed by atoms with Gasteiger partial charge in [0.25, 0.3) is 0 Å². The van der Waals surface area contributed by atoms with Crippen molar-refractivity contribution in [2.45, 2.75) is 26.4 Å². The van der Waals surface area contributed by atoms with Crippen molar-refractivity contribution in [2.24, 2.45) is 5.92 Å². The lowest BCUT2D eigenvalue weighted by Crippen LogP contribution is -2.21. The zero-order chi connectivity index (χ0) is 18.7. The van der Waals surface area contributed by atoms with E-state index in [0.717, 1.165) is 11.1 Å². The standard InChI is InChI=1S/C20H20Cl2O4/c1-12(2)18(14-3-5-15(21)6-4-14)20(23)26-11-13-9-16(22)19-17(10-13)24-7-8-25-19/h3-6,9-10,12,18H,7-8,11H2,1-2H3/t18-/m1/s1. The molecular formula is C20H20Cl2O4. The van der Waals surface area contributed by atoms with Gasteiger partial charge in [-0.1, -0.05) is 49.2 Å². The lowest BCUT2D eigenvalue weighted by Gasteiger charge is -2.22. The van der Waals surface area contributed by atoms with E-state index in [2.05, 4.69) is 0 Å². The van der Waals surface area contributed by atoms with Gasteiger partial charge in [0.2, 0.25) is 0 Å². The number of fused-ring (bicyclic) bond motifs is 1. The number of benzene rings is 2. The molecule has 1 atom stereocenters. The second-order valence-corrected chi connectivity index (χ2v) is 7.33. The molecule has 0 bridgehead atoms. The van der Waals surface area contributed by atoms with Gasteiger partial charge in [-0.05, 0) is 41.3 Å². The van der Waals surface area contributed by atoms with Crippen LogP contribution < -0.4 is 9.47 Å². The summed E-state index contributed by atoms with van der Waals surface area (Å²) in [6.07, 6.45) is 0. The van der Waals surface area contributed by atoms with Crippen molar-refractivity contribution in [1.82, 2.24) is 0 Å². The van der Waals surface area contributed by atoms with E-state index in [1.54, 1.807) is 24.3 Å². The number of hydrogen-bond donors (Lipinski definition) is 0. The van der Waals surface area contributed by atoms with Crippen molar-refractivity contribution in [2.75, 3.05) is 13.2 Å². The Bertz CT molecular complexity index is 787. The average Bonchev–Trinajstić information content (AvgIpc) is 2.61. The van der Waals surface area contributed by atoms with E-state index in [1.165, 1.54) is 0 Å². The topological polar surface area (TPSA) is 44.8 Å². The molecule has 4 nitrogen and oxygen atoms in total. The molecule has 0 spiro atoms. The number of esters is 1. The van der Waals surface area contributed by atoms with Gasteiger partial charge in [0.05, 0.1) is 10.9 Å². The Kier molecular flexibility index (Phi) is 5.94. The van der Waals surface area contributed by atoms with Gasteiger partial charge in [-0.2, -0.15) is 0 Å². The molecule has 0 fully saturated rings. The van der Waals surface area contributed by atoms with E-state index in [1.807, 2.05) is 26.0 Å². The Morgan fingerprint density at radius 2 is 1.81 bits per heavy atom. The van der Waals surface area contributed by atoms with E-state index in [-0.39, 0.29) is 24.4 Å². The molecule has 26 heavy (non-hydrogen) atoms. The van der Waals surface area contributed by atoms with Gasteiger partial charge >= 0.3 is 5.97 Å². The van der Waals surface area contributed by atoms with E-state index in [9.17, 15) is 4.79 Å². The second kappa shape index (κ2) is 8.19. The van der Waals surface area contributed by atoms with Crippen LogP contribution in [-0.2, 0) is 16.1 Å². The number of carbonyl (C=O) groups is 1. The van der Waals surface area contributed by atoms with Crippen molar-refractivity contribution in [3.05, 3.63) is 57.6 Å². The molecule has 0 N–H and O–H groups in total. The predicted molar refractivity (Wildman–Crippen MR) is 101 cm³/mol. The largest absolute Gasteiger partial charge is 0.486 e. The fraction of sp³-hybridized carbons (Fsp3) is 0.350. The maximum absolute atomic E-state index is 12.7. The molecule has 1 aliphatic rings. The van der Waals surface area contributed by atoms with Gasteiger partial charge in [0.1, 0.15) is 19.8 Å². The summed E-state index contributed by atoms with van der Waals surface area (Å²) in [7, 11) is 0. The molecule has 0 aromatic heterocycles. The molecule has 3 rings (SSSR count). The smallest absolute Gasteiger partial charge is 0.314 e. The van der Waals surface area contributed by atoms with E-state index < -0.39 is 0 Å². The van der Waals surface area contributed by atoms with Crippen LogP contribution >= 0.6 is 23.2 Å². The summed E-state index contributed by atoms with van der Waals surface area (Å²) < 4.78 is 16.6. The van der Waals surface area contributed by atoms with Crippen molar-refractivity contribution in [3.63, 3.8) is 0 Å². The molecule has 0 saturated heterocycles. The Hall–Kier alpha value is -1.91. The first-order valence-corrected chi connectivity index (χ1v) is 9.21. The number of hydrogen-bond acceptors (Lipinski definition) is 4. The first-order chi connectivity index (χ1) is 12.5. The molecule has 1 aliphatic heterocycles. The summed E-state index contributed by atoms with van der Waals surface area (Å²) in [5.41, 5.74) is 1.64. The zero-order valence-corrected chi connectivity index (χ0v) is 16.1. The SMILES string of the molecule is CC(C)[C@@H](C(=O)OCc1cc(Cl)c2c(c1)OCCO2)c1ccc(Cl)cc1. The highest BCUT2D eigenvalue weighted by molar-refractivity contribution is 6.32. The molecule has 0 radical (unpaired) electrons. The maximum Gasteiger partial charge on any atom is 0.314 e. The maximum atomic E-state index is 12.7. The fourth-order valence-corrected chi connectivity index (χ4v) is 3.37. The van der Waals surface area contributed by atoms with Gasteiger partial charge in [0, 0.05) is 5.02 Å². The van der Waals surface area contributed by atoms with Crippen LogP contribution in [0, 0.1) is 5.92 Å². The van der Waals surface area contributed by atoms with Gasteiger partial charge in [0.15, 0.2) is 11.5 Å². The monoisotopic (exact) mass is 394 g/mol. The van der Waals surface area contributed by atoms with Crippen molar-refractivity contribution >= 4 is 29.2 Å². The van der Waals surface area contributed by atoms with Crippen LogP contribution in [-0.4, -0.2) is 19.2 Å². The lowest BCUT2D eigenvalue weighted by atomic mass is 9.88. The second-order valence-electron chi connectivity index (χ2n) is 6.48. The van der Waals surface area contributed by atoms with Crippen LogP contribution in [0.3, 0.4) is 0 Å². The van der Waals surface area contributed by atoms with E-state index in [4.69, 9.17) is 37.4 Å². The van der Waals surface area contributed by atoms with Gasteiger partial charge in [-0.25, -0.2) is 0 Å². The molecule has 2 aromatic carbocycles. The van der Waals surface area contributed by atoms with Crippen molar-refractivity contribution < 1.29 is 19.0 Å². The number of carbonyl (C=O) groups excluding carboxylic acids is 1. The minimum absolute atomic E-state index is 0.0903. The van der Waals surface area contributed by atoms with Crippen LogP contribution in [0.2, 0.25) is 10.0 Å². The minimum atomic E-state index is -0.361. The normalized spacial score (nSPS) is 14.2. The number of halogens is 2. The summed E-state index contributed by atoms with van der Waals surface area (Å²) in [5.74, 6) is 0.558. The zero-order valence-electron chi connectivity index (χ0n) is 14.6. The van der Waals surface area contributed by atoms with E-state index in [0.29, 0.717) is 34.8 Å². The highest BCUT2D eigenvalue weighted by atomic mass is 35.5. The Balaban J connectivity index is 1.72. The minimum Gasteiger partial charge on any atom is -0.486 e. The molecule has 6 heteroatoms. The van der Waals surface area contributed by atoms with Crippen LogP contribution in [0.15, 0.2) is 36.4 Å². The van der Waals surface area contributed by atoms with Gasteiger partial charge < -0.3 is 14.2 Å². The van der Waals surface area contributed by atoms with Crippen molar-refractivity contribution in [1.29, 1.82) is 0 Å². The lowest BCUT2D eigenvalue weighted by molar-refractivity contribution is -0.148. The van der Waals surface area contributed by atoms with Gasteiger partial charge in [-0.15, -0.1) is 0 Å². The third kappa shape index (κ3) is 4.25. The van der Waals surface area contributed by atoms with Gasteiger partial charge in [-0.3, -0.25) is 4.79 Å². The van der Waals surface area contributed by atoms with Crippen LogP contribution in [0.5, 0.6) is 11.5 Å². The third-order valence-corrected chi connectivity index (χ3v) is 4.72. The Morgan fingerprint density at radius 1 is 1.12 bits per heavy atom. The van der Waals surface area contributed by atoms with Crippen LogP contribution in [0.4, 0.5) is 0 Å². The molecule has 138 valence electrons. The average molecular weight is 395 g/mol. The third-order valence-electron chi connectivity index (χ3n) is 4.19. The summed E-state index contributed by atoms with van der Waals surface area (Å²) in [6.45, 7) is 5.03. The molecule has 0 saturated carbocycles. The quantitative estimate of drug-likeness (QED) is 0.649. The number of ether oxygens (including phenoxy) is 3. The van der Waals surface area contributed by atoms with Crippen LogP contribution in [0.25, 0.3) is 0 Å². The fourth-order valence-electron chi connectivity index (χ4n) is 2.96. The van der Waals surface area contributed by atoms with E-state index >= 15 is 0 Å². The van der Waals surface area contributed by atoms with Crippen LogP contribution in [0.1, 0.15) is 30.9 Å². The molecule has 0 amide bonds. The Morgan fingerprint density at radius 3 is 2.50 bits per heavy atom. The molecule has 0 unspecified atom stereocenters. The summed E-state index contributed by atoms with van der Waals surface area (Å²) in [5, 5.41) is 1.09. The molecule has 1 heterocycles. The summed E-state index contributed by atoms with van der Waals surface area (Å²) in [6, 6.07) is 10.8. The highest BCUT2D eigenvalue weighted by Gasteiger charge is 2.26. The van der Waals surface area contributed by atoms with Crippen molar-refractivity contribution in [3.8, 4) is 11.5 Å². The number of rotatable bonds is 5. The highest BCUT2D eigenvalue weighted by Crippen LogP contribution is 2.38. The summed E-state index contributed by atoms with van der Waals surface area (Å²) in [4.78, 5) is 12.7. The summed E-state index contributed by atoms with van der Waals surface area (Å²) >= 11 is 12.2. The Labute approximate surface area is 163 Å².